The summed E-state index contributed by atoms with van der Waals surface area (Å²) in [5.74, 6) is 0. The minimum atomic E-state index is -4.41. The van der Waals surface area contributed by atoms with E-state index in [9.17, 15) is 18.0 Å². The topological polar surface area (TPSA) is 41.1 Å². The highest BCUT2D eigenvalue weighted by Crippen LogP contribution is 2.33. The minimum Gasteiger partial charge on any atom is -0.338 e. The first-order chi connectivity index (χ1) is 7.84. The molecule has 0 saturated carbocycles. The molecule has 0 aromatic heterocycles. The van der Waals surface area contributed by atoms with Crippen LogP contribution in [-0.4, -0.2) is 12.6 Å². The number of nitrogens with one attached hydrogen (secondary N) is 2. The molecular formula is C11H13F3N2O. The van der Waals surface area contributed by atoms with E-state index in [1.807, 2.05) is 0 Å². The smallest absolute Gasteiger partial charge is 0.338 e. The maximum atomic E-state index is 12.6. The monoisotopic (exact) mass is 246 g/mol. The third kappa shape index (κ3) is 3.65. The number of hydrogen-bond donors (Lipinski definition) is 2. The van der Waals surface area contributed by atoms with Crippen LogP contribution in [0, 0.1) is 6.92 Å². The summed E-state index contributed by atoms with van der Waals surface area (Å²) in [7, 11) is 0. The standard InChI is InChI=1S/C11H13F3N2O/c1-3-15-10(17)16-8-5-4-7(2)9(6-8)11(12,13)14/h4-6H,3H2,1-2H3,(H2,15,16,17). The van der Waals surface area contributed by atoms with Gasteiger partial charge in [-0.25, -0.2) is 4.79 Å². The molecule has 0 aliphatic rings. The molecule has 1 aromatic rings. The van der Waals surface area contributed by atoms with Crippen molar-refractivity contribution in [1.29, 1.82) is 0 Å². The van der Waals surface area contributed by atoms with Crippen LogP contribution >= 0.6 is 0 Å². The van der Waals surface area contributed by atoms with Gasteiger partial charge in [0.15, 0.2) is 0 Å². The Kier molecular flexibility index (Phi) is 3.98. The van der Waals surface area contributed by atoms with E-state index in [1.165, 1.54) is 19.1 Å². The number of halogens is 3. The van der Waals surface area contributed by atoms with E-state index < -0.39 is 17.8 Å². The molecule has 0 radical (unpaired) electrons. The molecule has 0 spiro atoms. The molecule has 0 fully saturated rings. The van der Waals surface area contributed by atoms with Crippen LogP contribution in [0.15, 0.2) is 18.2 Å². The summed E-state index contributed by atoms with van der Waals surface area (Å²) in [6.07, 6.45) is -4.41. The van der Waals surface area contributed by atoms with Crippen LogP contribution < -0.4 is 10.6 Å². The summed E-state index contributed by atoms with van der Waals surface area (Å²) in [5, 5.41) is 4.77. The third-order valence-electron chi connectivity index (χ3n) is 2.14. The molecule has 2 N–H and O–H groups in total. The second kappa shape index (κ2) is 5.07. The molecule has 0 aliphatic heterocycles. The van der Waals surface area contributed by atoms with E-state index in [4.69, 9.17) is 0 Å². The van der Waals surface area contributed by atoms with E-state index in [2.05, 4.69) is 10.6 Å². The number of amides is 2. The van der Waals surface area contributed by atoms with Gasteiger partial charge in [0.05, 0.1) is 5.56 Å². The van der Waals surface area contributed by atoms with Gasteiger partial charge in [0.2, 0.25) is 0 Å². The normalized spacial score (nSPS) is 11.1. The zero-order valence-electron chi connectivity index (χ0n) is 9.48. The number of carbonyl (C=O) groups is 1. The Morgan fingerprint density at radius 2 is 2.00 bits per heavy atom. The zero-order chi connectivity index (χ0) is 13.1. The maximum Gasteiger partial charge on any atom is 0.416 e. The molecule has 2 amide bonds. The lowest BCUT2D eigenvalue weighted by Crippen LogP contribution is -2.28. The highest BCUT2D eigenvalue weighted by atomic mass is 19.4. The van der Waals surface area contributed by atoms with Gasteiger partial charge in [0.25, 0.3) is 0 Å². The summed E-state index contributed by atoms with van der Waals surface area (Å²) >= 11 is 0. The van der Waals surface area contributed by atoms with Crippen LogP contribution in [-0.2, 0) is 6.18 Å². The van der Waals surface area contributed by atoms with Crippen molar-refractivity contribution >= 4 is 11.7 Å². The van der Waals surface area contributed by atoms with Crippen LogP contribution in [0.1, 0.15) is 18.1 Å². The largest absolute Gasteiger partial charge is 0.416 e. The summed E-state index contributed by atoms with van der Waals surface area (Å²) in [6.45, 7) is 3.50. The minimum absolute atomic E-state index is 0.119. The Morgan fingerprint density at radius 3 is 2.53 bits per heavy atom. The lowest BCUT2D eigenvalue weighted by atomic mass is 10.1. The Labute approximate surface area is 97.0 Å². The summed E-state index contributed by atoms with van der Waals surface area (Å²) in [4.78, 5) is 11.2. The Bertz CT molecular complexity index is 416. The number of rotatable bonds is 2. The Hall–Kier alpha value is -1.72. The van der Waals surface area contributed by atoms with Crippen LogP contribution in [0.25, 0.3) is 0 Å². The predicted octanol–water partition coefficient (Wildman–Crippen LogP) is 3.16. The van der Waals surface area contributed by atoms with Crippen LogP contribution in [0.3, 0.4) is 0 Å². The fraction of sp³-hybridized carbons (Fsp3) is 0.364. The first-order valence-corrected chi connectivity index (χ1v) is 5.07. The molecule has 17 heavy (non-hydrogen) atoms. The van der Waals surface area contributed by atoms with Crippen molar-refractivity contribution in [1.82, 2.24) is 5.32 Å². The van der Waals surface area contributed by atoms with E-state index >= 15 is 0 Å². The number of benzene rings is 1. The fourth-order valence-electron chi connectivity index (χ4n) is 1.34. The Morgan fingerprint density at radius 1 is 1.35 bits per heavy atom. The molecule has 3 nitrogen and oxygen atoms in total. The van der Waals surface area contributed by atoms with Gasteiger partial charge >= 0.3 is 12.2 Å². The average molecular weight is 246 g/mol. The molecule has 94 valence electrons. The van der Waals surface area contributed by atoms with Gasteiger partial charge in [-0.1, -0.05) is 6.07 Å². The Balaban J connectivity index is 2.93. The highest BCUT2D eigenvalue weighted by molar-refractivity contribution is 5.89. The van der Waals surface area contributed by atoms with E-state index in [0.29, 0.717) is 6.54 Å². The van der Waals surface area contributed by atoms with Gasteiger partial charge < -0.3 is 10.6 Å². The number of urea groups is 1. The first kappa shape index (κ1) is 13.3. The molecule has 0 unspecified atom stereocenters. The van der Waals surface area contributed by atoms with Crippen molar-refractivity contribution in [3.63, 3.8) is 0 Å². The van der Waals surface area contributed by atoms with Crippen molar-refractivity contribution in [3.8, 4) is 0 Å². The first-order valence-electron chi connectivity index (χ1n) is 5.07. The van der Waals surface area contributed by atoms with Crippen LogP contribution in [0.5, 0.6) is 0 Å². The molecule has 0 atom stereocenters. The van der Waals surface area contributed by atoms with Gasteiger partial charge in [-0.15, -0.1) is 0 Å². The molecule has 0 aliphatic carbocycles. The van der Waals surface area contributed by atoms with Crippen molar-refractivity contribution in [3.05, 3.63) is 29.3 Å². The van der Waals surface area contributed by atoms with E-state index in [0.717, 1.165) is 6.07 Å². The molecular weight excluding hydrogens is 233 g/mol. The average Bonchev–Trinajstić information content (AvgIpc) is 2.19. The molecule has 0 saturated heterocycles. The van der Waals surface area contributed by atoms with Crippen molar-refractivity contribution in [2.75, 3.05) is 11.9 Å². The van der Waals surface area contributed by atoms with Gasteiger partial charge in [-0.2, -0.15) is 13.2 Å². The fourth-order valence-corrected chi connectivity index (χ4v) is 1.34. The van der Waals surface area contributed by atoms with Crippen molar-refractivity contribution < 1.29 is 18.0 Å². The van der Waals surface area contributed by atoms with Gasteiger partial charge in [-0.05, 0) is 31.5 Å². The summed E-state index contributed by atoms with van der Waals surface area (Å²) in [5.41, 5.74) is -0.500. The van der Waals surface area contributed by atoms with Crippen molar-refractivity contribution in [2.45, 2.75) is 20.0 Å². The maximum absolute atomic E-state index is 12.6. The molecule has 6 heteroatoms. The lowest BCUT2D eigenvalue weighted by molar-refractivity contribution is -0.138. The third-order valence-corrected chi connectivity index (χ3v) is 2.14. The predicted molar refractivity (Wildman–Crippen MR) is 58.9 cm³/mol. The van der Waals surface area contributed by atoms with E-state index in [1.54, 1.807) is 6.92 Å². The molecule has 1 rings (SSSR count). The number of aryl methyl sites for hydroxylation is 1. The van der Waals surface area contributed by atoms with Gasteiger partial charge in [0.1, 0.15) is 0 Å². The molecule has 1 aromatic carbocycles. The van der Waals surface area contributed by atoms with Gasteiger partial charge in [-0.3, -0.25) is 0 Å². The molecule has 0 bridgehead atoms. The lowest BCUT2D eigenvalue weighted by Gasteiger charge is -2.12. The number of carbonyl (C=O) groups excluding carboxylic acids is 1. The van der Waals surface area contributed by atoms with Crippen LogP contribution in [0.4, 0.5) is 23.7 Å². The summed E-state index contributed by atoms with van der Waals surface area (Å²) in [6, 6.07) is 3.15. The SMILES string of the molecule is CCNC(=O)Nc1ccc(C)c(C(F)(F)F)c1. The number of alkyl halides is 3. The second-order valence-corrected chi connectivity index (χ2v) is 3.51. The highest BCUT2D eigenvalue weighted by Gasteiger charge is 2.32. The van der Waals surface area contributed by atoms with Crippen molar-refractivity contribution in [2.24, 2.45) is 0 Å². The number of hydrogen-bond acceptors (Lipinski definition) is 1. The number of anilines is 1. The molecule has 0 heterocycles. The van der Waals surface area contributed by atoms with Crippen LogP contribution in [0.2, 0.25) is 0 Å². The van der Waals surface area contributed by atoms with E-state index in [-0.39, 0.29) is 11.3 Å². The quantitative estimate of drug-likeness (QED) is 0.826. The summed E-state index contributed by atoms with van der Waals surface area (Å²) < 4.78 is 37.8. The van der Waals surface area contributed by atoms with Gasteiger partial charge in [0, 0.05) is 12.2 Å². The second-order valence-electron chi connectivity index (χ2n) is 3.51. The zero-order valence-corrected chi connectivity index (χ0v) is 9.48.